The average molecular weight is 413 g/mol. The lowest BCUT2D eigenvalue weighted by molar-refractivity contribution is 0.284. The highest BCUT2D eigenvalue weighted by molar-refractivity contribution is 6.30. The Balaban J connectivity index is 1.68. The Hall–Kier alpha value is -3.32. The van der Waals surface area contributed by atoms with E-state index in [0.717, 1.165) is 11.1 Å². The lowest BCUT2D eigenvalue weighted by Gasteiger charge is -2.11. The van der Waals surface area contributed by atoms with Gasteiger partial charge in [-0.25, -0.2) is 10.4 Å². The Morgan fingerprint density at radius 3 is 2.76 bits per heavy atom. The molecule has 0 amide bonds. The second-order valence-electron chi connectivity index (χ2n) is 6.32. The van der Waals surface area contributed by atoms with Gasteiger partial charge < -0.3 is 9.47 Å². The van der Waals surface area contributed by atoms with E-state index >= 15 is 0 Å². The number of nitrogens with zero attached hydrogens (tertiary/aromatic N) is 2. The van der Waals surface area contributed by atoms with E-state index in [1.807, 2.05) is 30.3 Å². The summed E-state index contributed by atoms with van der Waals surface area (Å²) in [5, 5.41) is 4.78. The molecule has 29 heavy (non-hydrogen) atoms. The lowest BCUT2D eigenvalue weighted by Crippen LogP contribution is -2.15. The van der Waals surface area contributed by atoms with Gasteiger partial charge in [0, 0.05) is 16.3 Å². The molecule has 0 radical (unpaired) electrons. The molecule has 0 spiro atoms. The minimum atomic E-state index is -0.196. The first-order valence-electron chi connectivity index (χ1n) is 8.88. The van der Waals surface area contributed by atoms with E-state index in [0.29, 0.717) is 34.4 Å². The second-order valence-corrected chi connectivity index (χ2v) is 6.76. The van der Waals surface area contributed by atoms with E-state index in [9.17, 15) is 4.79 Å². The molecular formula is C21H21ClN4O3. The van der Waals surface area contributed by atoms with E-state index in [4.69, 9.17) is 21.1 Å². The standard InChI is InChI=1S/C21H21ClN4O3/c1-13-14(2)24-21(25-20(13)27)26-23-11-15-7-8-18(19(10-15)28-3)29-12-16-5-4-6-17(22)9-16/h4-11H,12H2,1-3H3,(H2,24,25,26,27)/b23-11-. The Morgan fingerprint density at radius 1 is 1.21 bits per heavy atom. The molecule has 1 aromatic heterocycles. The highest BCUT2D eigenvalue weighted by Crippen LogP contribution is 2.28. The number of benzene rings is 2. The van der Waals surface area contributed by atoms with Gasteiger partial charge in [0.15, 0.2) is 11.5 Å². The summed E-state index contributed by atoms with van der Waals surface area (Å²) in [4.78, 5) is 18.6. The van der Waals surface area contributed by atoms with E-state index in [1.165, 1.54) is 0 Å². The summed E-state index contributed by atoms with van der Waals surface area (Å²) >= 11 is 6.00. The second kappa shape index (κ2) is 9.25. The third-order valence-corrected chi connectivity index (χ3v) is 4.48. The maximum atomic E-state index is 11.8. The summed E-state index contributed by atoms with van der Waals surface area (Å²) in [7, 11) is 1.57. The van der Waals surface area contributed by atoms with Gasteiger partial charge in [-0.2, -0.15) is 5.10 Å². The highest BCUT2D eigenvalue weighted by Gasteiger charge is 2.06. The third-order valence-electron chi connectivity index (χ3n) is 4.25. The van der Waals surface area contributed by atoms with Crippen LogP contribution >= 0.6 is 11.6 Å². The van der Waals surface area contributed by atoms with Crippen LogP contribution in [0.5, 0.6) is 11.5 Å². The van der Waals surface area contributed by atoms with Crippen LogP contribution < -0.4 is 20.5 Å². The summed E-state index contributed by atoms with van der Waals surface area (Å²) in [6.45, 7) is 3.86. The molecule has 0 aliphatic carbocycles. The number of hydrogen-bond donors (Lipinski definition) is 2. The van der Waals surface area contributed by atoms with E-state index in [-0.39, 0.29) is 11.5 Å². The topological polar surface area (TPSA) is 88.6 Å². The molecule has 0 saturated heterocycles. The molecule has 0 saturated carbocycles. The van der Waals surface area contributed by atoms with Crippen LogP contribution in [-0.4, -0.2) is 23.3 Å². The lowest BCUT2D eigenvalue weighted by atomic mass is 10.2. The van der Waals surface area contributed by atoms with Crippen molar-refractivity contribution in [3.8, 4) is 11.5 Å². The normalized spacial score (nSPS) is 10.9. The highest BCUT2D eigenvalue weighted by atomic mass is 35.5. The van der Waals surface area contributed by atoms with Crippen LogP contribution in [0.15, 0.2) is 52.4 Å². The number of anilines is 1. The molecular weight excluding hydrogens is 392 g/mol. The van der Waals surface area contributed by atoms with Crippen LogP contribution in [0.4, 0.5) is 5.95 Å². The molecule has 0 unspecified atom stereocenters. The first kappa shape index (κ1) is 20.4. The van der Waals surface area contributed by atoms with Crippen LogP contribution in [0.2, 0.25) is 5.02 Å². The Kier molecular flexibility index (Phi) is 6.51. The number of H-pyrrole nitrogens is 1. The summed E-state index contributed by atoms with van der Waals surface area (Å²) in [6.07, 6.45) is 1.60. The van der Waals surface area contributed by atoms with Crippen LogP contribution in [-0.2, 0) is 6.61 Å². The van der Waals surface area contributed by atoms with Crippen molar-refractivity contribution in [3.05, 3.63) is 80.2 Å². The number of hydrogen-bond acceptors (Lipinski definition) is 6. The quantitative estimate of drug-likeness (QED) is 0.451. The van der Waals surface area contributed by atoms with Crippen molar-refractivity contribution in [2.24, 2.45) is 5.10 Å². The fraction of sp³-hybridized carbons (Fsp3) is 0.190. The van der Waals surface area contributed by atoms with Crippen molar-refractivity contribution in [2.45, 2.75) is 20.5 Å². The van der Waals surface area contributed by atoms with Gasteiger partial charge >= 0.3 is 0 Å². The summed E-state index contributed by atoms with van der Waals surface area (Å²) in [5.41, 5.74) is 5.51. The van der Waals surface area contributed by atoms with Gasteiger partial charge in [-0.3, -0.25) is 9.78 Å². The van der Waals surface area contributed by atoms with Gasteiger partial charge in [0.05, 0.1) is 13.3 Å². The number of aryl methyl sites for hydroxylation is 1. The average Bonchev–Trinajstić information content (AvgIpc) is 2.71. The Morgan fingerprint density at radius 2 is 2.03 bits per heavy atom. The first-order valence-corrected chi connectivity index (χ1v) is 9.26. The molecule has 0 fully saturated rings. The molecule has 0 atom stereocenters. The molecule has 0 aliphatic heterocycles. The van der Waals surface area contributed by atoms with Crippen LogP contribution in [0.3, 0.4) is 0 Å². The van der Waals surface area contributed by atoms with Crippen molar-refractivity contribution < 1.29 is 9.47 Å². The third kappa shape index (κ3) is 5.36. The maximum Gasteiger partial charge on any atom is 0.255 e. The van der Waals surface area contributed by atoms with Gasteiger partial charge in [0.25, 0.3) is 5.56 Å². The van der Waals surface area contributed by atoms with Gasteiger partial charge in [-0.05, 0) is 55.3 Å². The number of rotatable bonds is 7. The molecule has 3 aromatic rings. The molecule has 7 nitrogen and oxygen atoms in total. The molecule has 8 heteroatoms. The number of aromatic nitrogens is 2. The number of ether oxygens (including phenoxy) is 2. The summed E-state index contributed by atoms with van der Waals surface area (Å²) < 4.78 is 11.3. The van der Waals surface area contributed by atoms with Crippen LogP contribution in [0.25, 0.3) is 0 Å². The van der Waals surface area contributed by atoms with Crippen molar-refractivity contribution in [3.63, 3.8) is 0 Å². The monoisotopic (exact) mass is 412 g/mol. The van der Waals surface area contributed by atoms with Gasteiger partial charge in [0.1, 0.15) is 6.61 Å². The van der Waals surface area contributed by atoms with Crippen molar-refractivity contribution >= 4 is 23.8 Å². The predicted octanol–water partition coefficient (Wildman–Crippen LogP) is 4.07. The minimum Gasteiger partial charge on any atom is -0.493 e. The summed E-state index contributed by atoms with van der Waals surface area (Å²) in [6, 6.07) is 12.9. The Bertz CT molecular complexity index is 1100. The number of halogens is 1. The van der Waals surface area contributed by atoms with Crippen molar-refractivity contribution in [1.82, 2.24) is 9.97 Å². The largest absolute Gasteiger partial charge is 0.493 e. The molecule has 0 aliphatic rings. The zero-order chi connectivity index (χ0) is 20.8. The van der Waals surface area contributed by atoms with Crippen LogP contribution in [0.1, 0.15) is 22.4 Å². The number of methoxy groups -OCH3 is 1. The van der Waals surface area contributed by atoms with Gasteiger partial charge in [-0.1, -0.05) is 23.7 Å². The minimum absolute atomic E-state index is 0.196. The Labute approximate surface area is 173 Å². The zero-order valence-electron chi connectivity index (χ0n) is 16.3. The van der Waals surface area contributed by atoms with E-state index < -0.39 is 0 Å². The van der Waals surface area contributed by atoms with Gasteiger partial charge in [-0.15, -0.1) is 0 Å². The smallest absolute Gasteiger partial charge is 0.255 e. The fourth-order valence-electron chi connectivity index (χ4n) is 2.54. The zero-order valence-corrected chi connectivity index (χ0v) is 17.1. The molecule has 0 bridgehead atoms. The molecule has 2 aromatic carbocycles. The maximum absolute atomic E-state index is 11.8. The van der Waals surface area contributed by atoms with Crippen molar-refractivity contribution in [1.29, 1.82) is 0 Å². The molecule has 150 valence electrons. The molecule has 1 heterocycles. The number of hydrazone groups is 1. The van der Waals surface area contributed by atoms with Crippen molar-refractivity contribution in [2.75, 3.05) is 12.5 Å². The summed E-state index contributed by atoms with van der Waals surface area (Å²) in [5.74, 6) is 1.47. The predicted molar refractivity (Wildman–Crippen MR) is 114 cm³/mol. The molecule has 3 rings (SSSR count). The number of aromatic amines is 1. The van der Waals surface area contributed by atoms with Crippen LogP contribution in [0, 0.1) is 13.8 Å². The van der Waals surface area contributed by atoms with E-state index in [1.54, 1.807) is 39.3 Å². The first-order chi connectivity index (χ1) is 14.0. The molecule has 2 N–H and O–H groups in total. The SMILES string of the molecule is COc1cc(/C=N\Nc2nc(C)c(C)c(=O)[nH]2)ccc1OCc1cccc(Cl)c1. The van der Waals surface area contributed by atoms with E-state index in [2.05, 4.69) is 20.5 Å². The fourth-order valence-corrected chi connectivity index (χ4v) is 2.75. The number of nitrogens with one attached hydrogen (secondary N) is 2. The van der Waals surface area contributed by atoms with Gasteiger partial charge in [0.2, 0.25) is 5.95 Å².